The monoisotopic (exact) mass is 319 g/mol. The Morgan fingerprint density at radius 2 is 2.00 bits per heavy atom. The highest BCUT2D eigenvalue weighted by Crippen LogP contribution is 2.37. The summed E-state index contributed by atoms with van der Waals surface area (Å²) in [4.78, 5) is 24.8. The normalized spacial score (nSPS) is 19.1. The van der Waals surface area contributed by atoms with Crippen LogP contribution >= 0.6 is 0 Å². The molecule has 1 spiro atoms. The highest BCUT2D eigenvalue weighted by Gasteiger charge is 2.39. The summed E-state index contributed by atoms with van der Waals surface area (Å²) in [6, 6.07) is 7.88. The van der Waals surface area contributed by atoms with E-state index in [1.54, 1.807) is 4.90 Å². The van der Waals surface area contributed by atoms with Crippen molar-refractivity contribution < 1.29 is 19.5 Å². The summed E-state index contributed by atoms with van der Waals surface area (Å²) >= 11 is 0. The smallest absolute Gasteiger partial charge is 0.252 e. The lowest BCUT2D eigenvalue weighted by Crippen LogP contribution is -2.50. The molecule has 2 aliphatic rings. The molecular formula is C16H21N3O4. The molecule has 1 aromatic rings. The van der Waals surface area contributed by atoms with Gasteiger partial charge in [0.1, 0.15) is 17.8 Å². The maximum Gasteiger partial charge on any atom is 0.252 e. The van der Waals surface area contributed by atoms with Crippen LogP contribution in [0.2, 0.25) is 0 Å². The second-order valence-corrected chi connectivity index (χ2v) is 6.05. The number of rotatable bonds is 2. The second-order valence-electron chi connectivity index (χ2n) is 6.05. The number of carbonyl (C=O) groups excluding carboxylic acids is 2. The van der Waals surface area contributed by atoms with E-state index in [0.717, 1.165) is 37.2 Å². The van der Waals surface area contributed by atoms with Crippen LogP contribution < -0.4 is 15.5 Å². The fourth-order valence-corrected chi connectivity index (χ4v) is 3.22. The van der Waals surface area contributed by atoms with Crippen molar-refractivity contribution in [2.45, 2.75) is 31.3 Å². The van der Waals surface area contributed by atoms with Gasteiger partial charge >= 0.3 is 0 Å². The van der Waals surface area contributed by atoms with Crippen molar-refractivity contribution in [1.29, 1.82) is 0 Å². The first-order valence-electron chi connectivity index (χ1n) is 7.84. The van der Waals surface area contributed by atoms with E-state index in [9.17, 15) is 9.59 Å². The number of carbonyl (C=O) groups is 2. The number of anilines is 1. The van der Waals surface area contributed by atoms with Crippen molar-refractivity contribution in [3.63, 3.8) is 0 Å². The van der Waals surface area contributed by atoms with Crippen molar-refractivity contribution in [2.24, 2.45) is 0 Å². The van der Waals surface area contributed by atoms with Crippen LogP contribution in [0.4, 0.5) is 5.69 Å². The van der Waals surface area contributed by atoms with Gasteiger partial charge in [0.15, 0.2) is 0 Å². The molecule has 3 N–H and O–H groups in total. The van der Waals surface area contributed by atoms with Crippen molar-refractivity contribution in [3.8, 4) is 5.75 Å². The molecule has 0 aromatic heterocycles. The maximum absolute atomic E-state index is 12.0. The third kappa shape index (κ3) is 3.39. The Balaban J connectivity index is 1.64. The molecule has 3 rings (SSSR count). The van der Waals surface area contributed by atoms with Crippen LogP contribution in [0.3, 0.4) is 0 Å². The van der Waals surface area contributed by atoms with Gasteiger partial charge < -0.3 is 15.0 Å². The van der Waals surface area contributed by atoms with Crippen LogP contribution in [0.25, 0.3) is 0 Å². The summed E-state index contributed by atoms with van der Waals surface area (Å²) in [6.07, 6.45) is 2.01. The molecule has 0 radical (unpaired) electrons. The molecule has 0 aliphatic carbocycles. The molecule has 7 heteroatoms. The molecule has 23 heavy (non-hydrogen) atoms. The summed E-state index contributed by atoms with van der Waals surface area (Å²) < 4.78 is 6.30. The van der Waals surface area contributed by atoms with E-state index >= 15 is 0 Å². The number of ether oxygens (including phenoxy) is 1. The van der Waals surface area contributed by atoms with Crippen molar-refractivity contribution >= 4 is 17.5 Å². The lowest BCUT2D eigenvalue weighted by atomic mass is 9.87. The van der Waals surface area contributed by atoms with E-state index in [-0.39, 0.29) is 17.9 Å². The number of piperidine rings is 1. The van der Waals surface area contributed by atoms with Gasteiger partial charge in [0.25, 0.3) is 5.91 Å². The van der Waals surface area contributed by atoms with Crippen molar-refractivity contribution in [2.75, 3.05) is 25.0 Å². The number of amides is 2. The Bertz CT molecular complexity index is 597. The minimum Gasteiger partial charge on any atom is -0.485 e. The number of fused-ring (bicyclic) bond motifs is 1. The van der Waals surface area contributed by atoms with Gasteiger partial charge in [0.2, 0.25) is 5.91 Å². The molecule has 2 aliphatic heterocycles. The van der Waals surface area contributed by atoms with E-state index in [1.807, 2.05) is 24.3 Å². The van der Waals surface area contributed by atoms with Gasteiger partial charge in [-0.05, 0) is 12.1 Å². The standard InChI is InChI=1S/C16H21N3O4/c20-14(18-22)11-15(21)19-9-6-16(7-10-19)5-8-17-12-3-1-2-4-13(12)23-16/h1-4,17,22H,5-11H2,(H,18,20). The number of benzene rings is 1. The molecule has 2 amide bonds. The van der Waals surface area contributed by atoms with Crippen molar-refractivity contribution in [3.05, 3.63) is 24.3 Å². The average Bonchev–Trinajstić information content (AvgIpc) is 2.74. The molecule has 0 atom stereocenters. The first-order valence-corrected chi connectivity index (χ1v) is 7.84. The number of hydroxylamine groups is 1. The first-order chi connectivity index (χ1) is 11.1. The number of hydrogen-bond donors (Lipinski definition) is 3. The van der Waals surface area contributed by atoms with Gasteiger partial charge in [0.05, 0.1) is 5.69 Å². The highest BCUT2D eigenvalue weighted by molar-refractivity contribution is 5.96. The summed E-state index contributed by atoms with van der Waals surface area (Å²) in [7, 11) is 0. The first kappa shape index (κ1) is 15.6. The Morgan fingerprint density at radius 1 is 1.26 bits per heavy atom. The Hall–Kier alpha value is -2.28. The Kier molecular flexibility index (Phi) is 4.38. The molecule has 1 fully saturated rings. The van der Waals surface area contributed by atoms with Gasteiger partial charge in [0, 0.05) is 38.9 Å². The maximum atomic E-state index is 12.0. The quantitative estimate of drug-likeness (QED) is 0.432. The Morgan fingerprint density at radius 3 is 2.74 bits per heavy atom. The SMILES string of the molecule is O=C(CC(=O)N1CCC2(CCNc3ccccc3O2)CC1)NO. The zero-order valence-electron chi connectivity index (χ0n) is 12.9. The van der Waals surface area contributed by atoms with E-state index < -0.39 is 5.91 Å². The highest BCUT2D eigenvalue weighted by atomic mass is 16.5. The van der Waals surface area contributed by atoms with Crippen LogP contribution in [-0.2, 0) is 9.59 Å². The molecular weight excluding hydrogens is 298 g/mol. The van der Waals surface area contributed by atoms with Crippen LogP contribution in [-0.4, -0.2) is 47.2 Å². The van der Waals surface area contributed by atoms with Gasteiger partial charge in [-0.1, -0.05) is 12.1 Å². The van der Waals surface area contributed by atoms with Gasteiger partial charge in [-0.25, -0.2) is 5.48 Å². The van der Waals surface area contributed by atoms with Crippen LogP contribution in [0.15, 0.2) is 24.3 Å². The number of nitrogens with one attached hydrogen (secondary N) is 2. The summed E-state index contributed by atoms with van der Waals surface area (Å²) in [5.41, 5.74) is 2.23. The largest absolute Gasteiger partial charge is 0.485 e. The van der Waals surface area contributed by atoms with Crippen molar-refractivity contribution in [1.82, 2.24) is 10.4 Å². The summed E-state index contributed by atoms with van der Waals surface area (Å²) in [5, 5.41) is 11.9. The molecule has 0 saturated carbocycles. The van der Waals surface area contributed by atoms with E-state index in [2.05, 4.69) is 5.32 Å². The van der Waals surface area contributed by atoms with Gasteiger partial charge in [-0.2, -0.15) is 0 Å². The van der Waals surface area contributed by atoms with Crippen LogP contribution in [0.5, 0.6) is 5.75 Å². The molecule has 2 heterocycles. The zero-order valence-corrected chi connectivity index (χ0v) is 12.9. The molecule has 1 saturated heterocycles. The minimum absolute atomic E-state index is 0.265. The predicted molar refractivity (Wildman–Crippen MR) is 83.3 cm³/mol. The van der Waals surface area contributed by atoms with E-state index in [0.29, 0.717) is 13.1 Å². The molecule has 1 aromatic carbocycles. The lowest BCUT2D eigenvalue weighted by molar-refractivity contribution is -0.141. The number of likely N-dealkylation sites (tertiary alicyclic amines) is 1. The number of hydrogen-bond acceptors (Lipinski definition) is 5. The van der Waals surface area contributed by atoms with Crippen LogP contribution in [0.1, 0.15) is 25.7 Å². The van der Waals surface area contributed by atoms with Gasteiger partial charge in [-0.3, -0.25) is 14.8 Å². The zero-order chi connectivity index (χ0) is 16.3. The van der Waals surface area contributed by atoms with Crippen LogP contribution in [0, 0.1) is 0 Å². The van der Waals surface area contributed by atoms with E-state index in [1.165, 1.54) is 5.48 Å². The summed E-state index contributed by atoms with van der Waals surface area (Å²) in [6.45, 7) is 1.94. The topological polar surface area (TPSA) is 90.9 Å². The fraction of sp³-hybridized carbons (Fsp3) is 0.500. The third-order valence-corrected chi connectivity index (χ3v) is 4.57. The number of nitrogens with zero attached hydrogens (tertiary/aromatic N) is 1. The number of para-hydroxylation sites is 2. The molecule has 124 valence electrons. The molecule has 0 unspecified atom stereocenters. The average molecular weight is 319 g/mol. The predicted octanol–water partition coefficient (Wildman–Crippen LogP) is 1.14. The minimum atomic E-state index is -0.681. The fourth-order valence-electron chi connectivity index (χ4n) is 3.22. The van der Waals surface area contributed by atoms with Gasteiger partial charge in [-0.15, -0.1) is 0 Å². The second kappa shape index (κ2) is 6.45. The molecule has 0 bridgehead atoms. The third-order valence-electron chi connectivity index (χ3n) is 4.57. The molecule has 7 nitrogen and oxygen atoms in total. The van der Waals surface area contributed by atoms with E-state index in [4.69, 9.17) is 9.94 Å². The lowest BCUT2D eigenvalue weighted by Gasteiger charge is -2.41. The summed E-state index contributed by atoms with van der Waals surface area (Å²) in [5.74, 6) is -0.0953. The Labute approximate surface area is 134 Å².